The van der Waals surface area contributed by atoms with Crippen molar-refractivity contribution in [2.75, 3.05) is 13.2 Å². The zero-order valence-electron chi connectivity index (χ0n) is 13.2. The maximum absolute atomic E-state index is 12.3. The van der Waals surface area contributed by atoms with Crippen molar-refractivity contribution in [1.29, 1.82) is 5.26 Å². The normalized spacial score (nSPS) is 12.3. The van der Waals surface area contributed by atoms with Gasteiger partial charge in [-0.3, -0.25) is 4.79 Å². The van der Waals surface area contributed by atoms with Crippen LogP contribution in [0.1, 0.15) is 30.9 Å². The number of carbonyl (C=O) groups excluding carboxylic acids is 1. The highest BCUT2D eigenvalue weighted by Gasteiger charge is 2.39. The Morgan fingerprint density at radius 3 is 2.71 bits per heavy atom. The lowest BCUT2D eigenvalue weighted by molar-refractivity contribution is -0.174. The van der Waals surface area contributed by atoms with E-state index in [0.29, 0.717) is 36.1 Å². The maximum Gasteiger partial charge on any atom is 0.471 e. The summed E-state index contributed by atoms with van der Waals surface area (Å²) in [5.74, 6) is -1.55. The molecular weight excluding hydrogens is 325 g/mol. The van der Waals surface area contributed by atoms with Crippen LogP contribution in [-0.2, 0) is 11.2 Å². The molecule has 0 heterocycles. The first-order valence-corrected chi connectivity index (χ1v) is 7.46. The Morgan fingerprint density at radius 1 is 1.46 bits per heavy atom. The lowest BCUT2D eigenvalue weighted by Gasteiger charge is -2.19. The Bertz CT molecular complexity index is 597. The van der Waals surface area contributed by atoms with E-state index in [1.165, 1.54) is 6.07 Å². The Kier molecular flexibility index (Phi) is 7.52. The Labute approximate surface area is 138 Å². The summed E-state index contributed by atoms with van der Waals surface area (Å²) in [6, 6.07) is 6.09. The van der Waals surface area contributed by atoms with Crippen LogP contribution in [0.2, 0.25) is 0 Å². The molecule has 1 aromatic carbocycles. The second-order valence-electron chi connectivity index (χ2n) is 5.12. The number of hydrogen-bond acceptors (Lipinski definition) is 4. The summed E-state index contributed by atoms with van der Waals surface area (Å²) in [6.07, 6.45) is -3.90. The van der Waals surface area contributed by atoms with Crippen LogP contribution in [0.15, 0.2) is 18.2 Å². The van der Waals surface area contributed by atoms with E-state index in [0.717, 1.165) is 0 Å². The molecule has 2 N–H and O–H groups in total. The van der Waals surface area contributed by atoms with Crippen molar-refractivity contribution in [3.8, 4) is 11.8 Å². The van der Waals surface area contributed by atoms with E-state index < -0.39 is 18.1 Å². The number of hydrogen-bond donors (Lipinski definition) is 2. The predicted octanol–water partition coefficient (Wildman–Crippen LogP) is 2.32. The second-order valence-corrected chi connectivity index (χ2v) is 5.12. The number of aryl methyl sites for hydroxylation is 1. The average Bonchev–Trinajstić information content (AvgIpc) is 2.55. The molecule has 0 spiro atoms. The number of nitrogens with one attached hydrogen (secondary N) is 1. The van der Waals surface area contributed by atoms with Gasteiger partial charge in [0.05, 0.1) is 18.2 Å². The summed E-state index contributed by atoms with van der Waals surface area (Å²) in [7, 11) is 0. The van der Waals surface area contributed by atoms with Crippen molar-refractivity contribution in [2.24, 2.45) is 0 Å². The quantitative estimate of drug-likeness (QED) is 0.758. The SMILES string of the molecule is CC[C@H](CCc1ccc(C#N)cc1OCCO)NC(=O)C(F)(F)F. The molecule has 0 aliphatic heterocycles. The van der Waals surface area contributed by atoms with Crippen molar-refractivity contribution in [2.45, 2.75) is 38.4 Å². The topological polar surface area (TPSA) is 82.3 Å². The predicted molar refractivity (Wildman–Crippen MR) is 80.3 cm³/mol. The molecule has 1 aromatic rings. The van der Waals surface area contributed by atoms with Crippen LogP contribution in [0.5, 0.6) is 5.75 Å². The highest BCUT2D eigenvalue weighted by atomic mass is 19.4. The summed E-state index contributed by atoms with van der Waals surface area (Å²) < 4.78 is 42.3. The summed E-state index contributed by atoms with van der Waals surface area (Å²) in [6.45, 7) is 1.53. The molecule has 0 aromatic heterocycles. The second kappa shape index (κ2) is 9.13. The van der Waals surface area contributed by atoms with Crippen LogP contribution in [-0.4, -0.2) is 36.4 Å². The zero-order chi connectivity index (χ0) is 18.2. The fourth-order valence-electron chi connectivity index (χ4n) is 2.10. The summed E-state index contributed by atoms with van der Waals surface area (Å²) >= 11 is 0. The molecule has 0 aliphatic carbocycles. The van der Waals surface area contributed by atoms with Gasteiger partial charge in [-0.25, -0.2) is 0 Å². The Morgan fingerprint density at radius 2 is 2.17 bits per heavy atom. The zero-order valence-corrected chi connectivity index (χ0v) is 13.2. The first-order chi connectivity index (χ1) is 11.3. The van der Waals surface area contributed by atoms with Crippen LogP contribution < -0.4 is 10.1 Å². The number of benzene rings is 1. The standard InChI is InChI=1S/C16H19F3N2O3/c1-2-13(21-15(23)16(17,18)19)6-5-12-4-3-11(10-20)9-14(12)24-8-7-22/h3-4,9,13,22H,2,5-8H2,1H3,(H,21,23)/t13-/m1/s1. The maximum atomic E-state index is 12.3. The van der Waals surface area contributed by atoms with Gasteiger partial charge in [-0.15, -0.1) is 0 Å². The van der Waals surface area contributed by atoms with Crippen molar-refractivity contribution in [1.82, 2.24) is 5.32 Å². The molecule has 132 valence electrons. The van der Waals surface area contributed by atoms with Gasteiger partial charge in [-0.05, 0) is 37.0 Å². The molecule has 24 heavy (non-hydrogen) atoms. The fourth-order valence-corrected chi connectivity index (χ4v) is 2.10. The average molecular weight is 344 g/mol. The van der Waals surface area contributed by atoms with E-state index in [4.69, 9.17) is 15.1 Å². The Balaban J connectivity index is 2.77. The summed E-state index contributed by atoms with van der Waals surface area (Å²) in [4.78, 5) is 11.0. The van der Waals surface area contributed by atoms with Gasteiger partial charge in [-0.1, -0.05) is 13.0 Å². The summed E-state index contributed by atoms with van der Waals surface area (Å²) in [5, 5.41) is 19.7. The van der Waals surface area contributed by atoms with Gasteiger partial charge in [0.1, 0.15) is 12.4 Å². The van der Waals surface area contributed by atoms with Crippen LogP contribution in [0.4, 0.5) is 13.2 Å². The molecule has 0 radical (unpaired) electrons. The van der Waals surface area contributed by atoms with Crippen LogP contribution in [0, 0.1) is 11.3 Å². The number of carbonyl (C=O) groups is 1. The Hall–Kier alpha value is -2.27. The molecule has 0 fully saturated rings. The summed E-state index contributed by atoms with van der Waals surface area (Å²) in [5.41, 5.74) is 1.08. The van der Waals surface area contributed by atoms with Crippen molar-refractivity contribution in [3.63, 3.8) is 0 Å². The van der Waals surface area contributed by atoms with Crippen molar-refractivity contribution in [3.05, 3.63) is 29.3 Å². The fraction of sp³-hybridized carbons (Fsp3) is 0.500. The van der Waals surface area contributed by atoms with Gasteiger partial charge in [0.2, 0.25) is 0 Å². The number of aliphatic hydroxyl groups is 1. The van der Waals surface area contributed by atoms with E-state index in [1.54, 1.807) is 19.1 Å². The van der Waals surface area contributed by atoms with Crippen LogP contribution in [0.3, 0.4) is 0 Å². The molecule has 8 heteroatoms. The molecule has 0 saturated heterocycles. The molecule has 1 rings (SSSR count). The lowest BCUT2D eigenvalue weighted by atomic mass is 10.0. The first-order valence-electron chi connectivity index (χ1n) is 7.46. The van der Waals surface area contributed by atoms with E-state index in [-0.39, 0.29) is 13.2 Å². The number of nitriles is 1. The number of halogens is 3. The molecule has 5 nitrogen and oxygen atoms in total. The third kappa shape index (κ3) is 6.08. The van der Waals surface area contributed by atoms with E-state index in [1.807, 2.05) is 11.4 Å². The minimum Gasteiger partial charge on any atom is -0.491 e. The van der Waals surface area contributed by atoms with E-state index in [9.17, 15) is 18.0 Å². The molecule has 0 aliphatic rings. The van der Waals surface area contributed by atoms with Gasteiger partial charge < -0.3 is 15.2 Å². The van der Waals surface area contributed by atoms with Crippen LogP contribution >= 0.6 is 0 Å². The van der Waals surface area contributed by atoms with Gasteiger partial charge in [0.25, 0.3) is 0 Å². The third-order valence-corrected chi connectivity index (χ3v) is 3.39. The molecule has 1 amide bonds. The molecular formula is C16H19F3N2O3. The molecule has 0 bridgehead atoms. The number of alkyl halides is 3. The van der Waals surface area contributed by atoms with Gasteiger partial charge in [-0.2, -0.15) is 18.4 Å². The monoisotopic (exact) mass is 344 g/mol. The lowest BCUT2D eigenvalue weighted by Crippen LogP contribution is -2.43. The number of amides is 1. The third-order valence-electron chi connectivity index (χ3n) is 3.39. The highest BCUT2D eigenvalue weighted by molar-refractivity contribution is 5.81. The number of nitrogens with zero attached hydrogens (tertiary/aromatic N) is 1. The van der Waals surface area contributed by atoms with E-state index in [2.05, 4.69) is 0 Å². The minimum absolute atomic E-state index is 0.0455. The molecule has 1 atom stereocenters. The van der Waals surface area contributed by atoms with Gasteiger partial charge in [0.15, 0.2) is 0 Å². The van der Waals surface area contributed by atoms with Crippen LogP contribution in [0.25, 0.3) is 0 Å². The van der Waals surface area contributed by atoms with Gasteiger partial charge >= 0.3 is 12.1 Å². The minimum atomic E-state index is -4.91. The van der Waals surface area contributed by atoms with Crippen molar-refractivity contribution >= 4 is 5.91 Å². The van der Waals surface area contributed by atoms with Crippen molar-refractivity contribution < 1.29 is 27.8 Å². The smallest absolute Gasteiger partial charge is 0.471 e. The molecule has 0 saturated carbocycles. The molecule has 0 unspecified atom stereocenters. The highest BCUT2D eigenvalue weighted by Crippen LogP contribution is 2.23. The number of aliphatic hydroxyl groups excluding tert-OH is 1. The van der Waals surface area contributed by atoms with Gasteiger partial charge in [0, 0.05) is 6.04 Å². The largest absolute Gasteiger partial charge is 0.491 e. The first kappa shape index (κ1) is 19.8. The number of ether oxygens (including phenoxy) is 1. The van der Waals surface area contributed by atoms with E-state index >= 15 is 0 Å². The number of rotatable bonds is 8.